The summed E-state index contributed by atoms with van der Waals surface area (Å²) < 4.78 is 0. The lowest BCUT2D eigenvalue weighted by Gasteiger charge is -2.37. The van der Waals surface area contributed by atoms with Crippen LogP contribution in [0.4, 0.5) is 5.82 Å². The van der Waals surface area contributed by atoms with Gasteiger partial charge >= 0.3 is 0 Å². The van der Waals surface area contributed by atoms with E-state index in [1.165, 1.54) is 5.56 Å². The smallest absolute Gasteiger partial charge is 0.225 e. The number of nitrogens with two attached hydrogens (primary N) is 1. The summed E-state index contributed by atoms with van der Waals surface area (Å²) >= 11 is 12.4. The molecule has 0 bridgehead atoms. The first-order valence-corrected chi connectivity index (χ1v) is 12.3. The van der Waals surface area contributed by atoms with Crippen LogP contribution in [0.1, 0.15) is 36.8 Å². The maximum atomic E-state index is 13.2. The van der Waals surface area contributed by atoms with Gasteiger partial charge in [0.25, 0.3) is 0 Å². The molecule has 2 N–H and O–H groups in total. The van der Waals surface area contributed by atoms with E-state index in [1.54, 1.807) is 12.3 Å². The predicted octanol–water partition coefficient (Wildman–Crippen LogP) is 4.54. The average Bonchev–Trinajstić information content (AvgIpc) is 2.79. The molecule has 1 aromatic heterocycles. The van der Waals surface area contributed by atoms with Crippen molar-refractivity contribution in [3.8, 4) is 0 Å². The third-order valence-electron chi connectivity index (χ3n) is 6.78. The lowest BCUT2D eigenvalue weighted by atomic mass is 9.87. The number of halogens is 2. The van der Waals surface area contributed by atoms with E-state index in [1.807, 2.05) is 31.3 Å². The van der Waals surface area contributed by atoms with Gasteiger partial charge in [-0.15, -0.1) is 0 Å². The molecule has 2 fully saturated rings. The minimum absolute atomic E-state index is 0.117. The van der Waals surface area contributed by atoms with E-state index in [0.29, 0.717) is 27.7 Å². The number of nitrogens with zero attached hydrogens (tertiary/aromatic N) is 4. The van der Waals surface area contributed by atoms with Crippen molar-refractivity contribution in [2.75, 3.05) is 39.0 Å². The molecular weight excluding hydrogens is 457 g/mol. The molecule has 8 heteroatoms. The van der Waals surface area contributed by atoms with Gasteiger partial charge in [-0.3, -0.25) is 14.7 Å². The molecule has 1 aromatic carbocycles. The van der Waals surface area contributed by atoms with Crippen molar-refractivity contribution >= 4 is 40.6 Å². The van der Waals surface area contributed by atoms with E-state index in [4.69, 9.17) is 28.9 Å². The summed E-state index contributed by atoms with van der Waals surface area (Å²) in [5.41, 5.74) is 8.96. The van der Waals surface area contributed by atoms with Gasteiger partial charge in [-0.05, 0) is 80.2 Å². The van der Waals surface area contributed by atoms with Crippen molar-refractivity contribution in [2.24, 2.45) is 16.8 Å². The summed E-state index contributed by atoms with van der Waals surface area (Å²) in [5, 5.41) is 1.23. The van der Waals surface area contributed by atoms with Crippen LogP contribution >= 0.6 is 23.2 Å². The second kappa shape index (κ2) is 10.9. The fourth-order valence-corrected chi connectivity index (χ4v) is 5.60. The number of rotatable bonds is 5. The summed E-state index contributed by atoms with van der Waals surface area (Å²) in [7, 11) is 1.82. The van der Waals surface area contributed by atoms with Crippen LogP contribution < -0.4 is 5.73 Å². The first-order chi connectivity index (χ1) is 15.9. The molecule has 0 saturated carbocycles. The lowest BCUT2D eigenvalue weighted by Crippen LogP contribution is -2.46. The topological polar surface area (TPSA) is 74.8 Å². The quantitative estimate of drug-likeness (QED) is 0.628. The molecule has 2 saturated heterocycles. The number of aliphatic imine (C=N–C) groups is 1. The number of carbonyl (C=O) groups excluding carboxylic acids is 1. The predicted molar refractivity (Wildman–Crippen MR) is 135 cm³/mol. The number of hydrogen-bond acceptors (Lipinski definition) is 5. The van der Waals surface area contributed by atoms with Crippen LogP contribution in [-0.2, 0) is 11.3 Å². The fourth-order valence-electron chi connectivity index (χ4n) is 5.07. The number of amides is 1. The van der Waals surface area contributed by atoms with Crippen molar-refractivity contribution in [3.63, 3.8) is 0 Å². The van der Waals surface area contributed by atoms with Crippen LogP contribution in [0.5, 0.6) is 0 Å². The normalized spacial score (nSPS) is 19.1. The Morgan fingerprint density at radius 2 is 1.67 bits per heavy atom. The second-order valence-corrected chi connectivity index (χ2v) is 9.88. The Balaban J connectivity index is 1.28. The number of likely N-dealkylation sites (tertiary alicyclic amines) is 2. The minimum Gasteiger partial charge on any atom is -0.384 e. The molecule has 176 valence electrons. The van der Waals surface area contributed by atoms with Gasteiger partial charge in [-0.2, -0.15) is 0 Å². The summed E-state index contributed by atoms with van der Waals surface area (Å²) in [4.78, 5) is 26.2. The van der Waals surface area contributed by atoms with E-state index in [2.05, 4.69) is 19.8 Å². The van der Waals surface area contributed by atoms with E-state index in [-0.39, 0.29) is 5.92 Å². The number of carbonyl (C=O) groups is 1. The number of piperidine rings is 2. The number of anilines is 1. The molecule has 2 aliphatic heterocycles. The summed E-state index contributed by atoms with van der Waals surface area (Å²) in [6.07, 6.45) is 5.37. The van der Waals surface area contributed by atoms with Gasteiger partial charge in [0.15, 0.2) is 0 Å². The lowest BCUT2D eigenvalue weighted by molar-refractivity contribution is -0.138. The first kappa shape index (κ1) is 24.0. The monoisotopic (exact) mass is 487 g/mol. The van der Waals surface area contributed by atoms with Crippen molar-refractivity contribution in [1.82, 2.24) is 14.8 Å². The Hall–Kier alpha value is -2.15. The molecule has 0 spiro atoms. The van der Waals surface area contributed by atoms with E-state index in [0.717, 1.165) is 69.7 Å². The molecule has 33 heavy (non-hydrogen) atoms. The molecule has 0 atom stereocenters. The third-order valence-corrected chi connectivity index (χ3v) is 7.22. The van der Waals surface area contributed by atoms with Crippen LogP contribution in [0.2, 0.25) is 10.0 Å². The second-order valence-electron chi connectivity index (χ2n) is 9.01. The van der Waals surface area contributed by atoms with Crippen molar-refractivity contribution < 1.29 is 4.79 Å². The Morgan fingerprint density at radius 1 is 1.03 bits per heavy atom. The highest BCUT2D eigenvalue weighted by Gasteiger charge is 2.32. The van der Waals surface area contributed by atoms with Crippen LogP contribution in [-0.4, -0.2) is 59.6 Å². The Labute approximate surface area is 205 Å². The Bertz CT molecular complexity index is 991. The van der Waals surface area contributed by atoms with Gasteiger partial charge in [0.05, 0.1) is 0 Å². The van der Waals surface area contributed by atoms with E-state index >= 15 is 0 Å². The van der Waals surface area contributed by atoms with Gasteiger partial charge in [0.2, 0.25) is 5.91 Å². The maximum Gasteiger partial charge on any atom is 0.225 e. The molecule has 0 unspecified atom stereocenters. The van der Waals surface area contributed by atoms with Gasteiger partial charge < -0.3 is 10.6 Å². The molecule has 1 amide bonds. The summed E-state index contributed by atoms with van der Waals surface area (Å²) in [6, 6.07) is 9.50. The van der Waals surface area contributed by atoms with Crippen LogP contribution in [0.3, 0.4) is 0 Å². The maximum absolute atomic E-state index is 13.2. The van der Waals surface area contributed by atoms with Crippen LogP contribution in [0.25, 0.3) is 0 Å². The zero-order valence-electron chi connectivity index (χ0n) is 19.0. The third kappa shape index (κ3) is 6.05. The van der Waals surface area contributed by atoms with Crippen molar-refractivity contribution in [3.05, 3.63) is 57.7 Å². The first-order valence-electron chi connectivity index (χ1n) is 11.6. The molecule has 6 nitrogen and oxygen atoms in total. The zero-order valence-corrected chi connectivity index (χ0v) is 20.5. The minimum atomic E-state index is 0.117. The molecule has 4 rings (SSSR count). The molecule has 2 aliphatic rings. The Kier molecular flexibility index (Phi) is 7.89. The SMILES string of the molecule is CN=C(c1cc(Cl)cc(Cl)c1)C1CCN(C(=O)C2CCN(Cc3ccnc(N)c3)CC2)CC1. The zero-order chi connectivity index (χ0) is 23.4. The number of hydrogen-bond donors (Lipinski definition) is 1. The number of nitrogen functional groups attached to an aromatic ring is 1. The molecule has 0 aliphatic carbocycles. The van der Waals surface area contributed by atoms with Gasteiger partial charge in [-0.25, -0.2) is 4.98 Å². The average molecular weight is 488 g/mol. The fraction of sp³-hybridized carbons (Fsp3) is 0.480. The van der Waals surface area contributed by atoms with Crippen LogP contribution in [0.15, 0.2) is 41.5 Å². The van der Waals surface area contributed by atoms with Crippen LogP contribution in [0, 0.1) is 11.8 Å². The summed E-state index contributed by atoms with van der Waals surface area (Å²) in [6.45, 7) is 4.25. The Morgan fingerprint density at radius 3 is 2.27 bits per heavy atom. The largest absolute Gasteiger partial charge is 0.384 e. The number of pyridine rings is 1. The molecule has 0 radical (unpaired) electrons. The standard InChI is InChI=1S/C25H31Cl2N5O/c1-29-24(20-13-21(26)15-22(27)14-20)18-5-10-32(11-6-18)25(33)19-3-8-31(9-4-19)16-17-2-7-30-23(28)12-17/h2,7,12-15,18-19H,3-6,8-11,16H2,1H3,(H2,28,30). The van der Waals surface area contributed by atoms with Gasteiger partial charge in [0.1, 0.15) is 5.82 Å². The van der Waals surface area contributed by atoms with Crippen molar-refractivity contribution in [2.45, 2.75) is 32.2 Å². The van der Waals surface area contributed by atoms with Crippen molar-refractivity contribution in [1.29, 1.82) is 0 Å². The van der Waals surface area contributed by atoms with Gasteiger partial charge in [0, 0.05) is 60.5 Å². The molecular formula is C25H31Cl2N5O. The highest BCUT2D eigenvalue weighted by Crippen LogP contribution is 2.28. The van der Waals surface area contributed by atoms with E-state index < -0.39 is 0 Å². The van der Waals surface area contributed by atoms with E-state index in [9.17, 15) is 4.79 Å². The molecule has 3 heterocycles. The highest BCUT2D eigenvalue weighted by molar-refractivity contribution is 6.35. The number of benzene rings is 1. The number of aromatic nitrogens is 1. The van der Waals surface area contributed by atoms with Gasteiger partial charge in [-0.1, -0.05) is 23.2 Å². The summed E-state index contributed by atoms with van der Waals surface area (Å²) in [5.74, 6) is 1.28. The molecule has 2 aromatic rings. The highest BCUT2D eigenvalue weighted by atomic mass is 35.5.